The first-order valence-electron chi connectivity index (χ1n) is 3.55. The van der Waals surface area contributed by atoms with E-state index in [4.69, 9.17) is 4.52 Å². The first-order chi connectivity index (χ1) is 4.93. The summed E-state index contributed by atoms with van der Waals surface area (Å²) in [5.74, 6) is 0.116. The van der Waals surface area contributed by atoms with Crippen LogP contribution in [-0.2, 0) is 5.41 Å². The van der Waals surface area contributed by atoms with Crippen LogP contribution in [0.3, 0.4) is 0 Å². The minimum atomic E-state index is -0.505. The quantitative estimate of drug-likeness (QED) is 0.578. The summed E-state index contributed by atoms with van der Waals surface area (Å²) in [7, 11) is 0. The molecule has 0 amide bonds. The Morgan fingerprint density at radius 3 is 2.09 bits per heavy atom. The molecule has 1 aromatic heterocycles. The average Bonchev–Trinajstić information content (AvgIpc) is 2.11. The average molecular weight is 157 g/mol. The summed E-state index contributed by atoms with van der Waals surface area (Å²) in [6.07, 6.45) is 0. The highest BCUT2D eigenvalue weighted by Gasteiger charge is 2.23. The van der Waals surface area contributed by atoms with Crippen LogP contribution in [0.1, 0.15) is 32.1 Å². The number of rotatable bonds is 0. The molecule has 1 aromatic rings. The molecule has 3 heteroatoms. The number of hydrogen-bond donors (Lipinski definition) is 0. The summed E-state index contributed by atoms with van der Waals surface area (Å²) in [6.45, 7) is 7.55. The minimum absolute atomic E-state index is 0.165. The van der Waals surface area contributed by atoms with E-state index in [0.29, 0.717) is 11.3 Å². The third kappa shape index (κ3) is 1.42. The normalized spacial score (nSPS) is 12.1. The Balaban J connectivity index is 3.15. The van der Waals surface area contributed by atoms with Gasteiger partial charge in [0.15, 0.2) is 0 Å². The SMILES string of the molecule is Cc1c(F)noc1C(C)(C)C. The fourth-order valence-electron chi connectivity index (χ4n) is 1.02. The van der Waals surface area contributed by atoms with Gasteiger partial charge in [-0.05, 0) is 12.1 Å². The van der Waals surface area contributed by atoms with Crippen molar-refractivity contribution in [1.29, 1.82) is 0 Å². The lowest BCUT2D eigenvalue weighted by atomic mass is 9.91. The van der Waals surface area contributed by atoms with E-state index < -0.39 is 5.95 Å². The van der Waals surface area contributed by atoms with Gasteiger partial charge in [-0.1, -0.05) is 20.8 Å². The van der Waals surface area contributed by atoms with Crippen molar-refractivity contribution in [3.8, 4) is 0 Å². The van der Waals surface area contributed by atoms with E-state index in [1.54, 1.807) is 6.92 Å². The van der Waals surface area contributed by atoms with Crippen LogP contribution < -0.4 is 0 Å². The van der Waals surface area contributed by atoms with Crippen molar-refractivity contribution < 1.29 is 8.91 Å². The highest BCUT2D eigenvalue weighted by Crippen LogP contribution is 2.26. The lowest BCUT2D eigenvalue weighted by Crippen LogP contribution is -2.11. The van der Waals surface area contributed by atoms with Gasteiger partial charge in [-0.25, -0.2) is 0 Å². The minimum Gasteiger partial charge on any atom is -0.358 e. The standard InChI is InChI=1S/C8H12FNO/c1-5-6(8(2,3)4)11-10-7(5)9/h1-4H3. The molecule has 0 radical (unpaired) electrons. The maximum absolute atomic E-state index is 12.7. The van der Waals surface area contributed by atoms with E-state index >= 15 is 0 Å². The second kappa shape index (κ2) is 2.32. The van der Waals surface area contributed by atoms with E-state index in [2.05, 4.69) is 5.16 Å². The summed E-state index contributed by atoms with van der Waals surface area (Å²) in [5, 5.41) is 3.24. The van der Waals surface area contributed by atoms with Gasteiger partial charge in [0, 0.05) is 11.0 Å². The molecular formula is C8H12FNO. The van der Waals surface area contributed by atoms with Crippen LogP contribution in [0.25, 0.3) is 0 Å². The molecule has 0 bridgehead atoms. The van der Waals surface area contributed by atoms with E-state index in [-0.39, 0.29) is 5.41 Å². The molecule has 62 valence electrons. The van der Waals surface area contributed by atoms with Gasteiger partial charge in [0.2, 0.25) is 0 Å². The van der Waals surface area contributed by atoms with Gasteiger partial charge in [-0.2, -0.15) is 4.39 Å². The molecule has 0 atom stereocenters. The predicted molar refractivity (Wildman–Crippen MR) is 39.9 cm³/mol. The van der Waals surface area contributed by atoms with Crippen molar-refractivity contribution in [2.24, 2.45) is 0 Å². The Kier molecular flexibility index (Phi) is 1.74. The zero-order valence-electron chi connectivity index (χ0n) is 7.23. The van der Waals surface area contributed by atoms with E-state index in [1.807, 2.05) is 20.8 Å². The van der Waals surface area contributed by atoms with Crippen LogP contribution in [0.2, 0.25) is 0 Å². The predicted octanol–water partition coefficient (Wildman–Crippen LogP) is 2.42. The van der Waals surface area contributed by atoms with Crippen LogP contribution >= 0.6 is 0 Å². The molecule has 1 rings (SSSR count). The molecule has 0 saturated heterocycles. The maximum atomic E-state index is 12.7. The topological polar surface area (TPSA) is 26.0 Å². The molecular weight excluding hydrogens is 145 g/mol. The largest absolute Gasteiger partial charge is 0.358 e. The Bertz CT molecular complexity index is 260. The van der Waals surface area contributed by atoms with Gasteiger partial charge in [0.05, 0.1) is 0 Å². The van der Waals surface area contributed by atoms with Crippen LogP contribution in [-0.4, -0.2) is 5.16 Å². The molecule has 0 unspecified atom stereocenters. The van der Waals surface area contributed by atoms with Crippen LogP contribution in [0.5, 0.6) is 0 Å². The fourth-order valence-corrected chi connectivity index (χ4v) is 1.02. The van der Waals surface area contributed by atoms with Gasteiger partial charge in [-0.3, -0.25) is 0 Å². The van der Waals surface area contributed by atoms with Gasteiger partial charge in [0.1, 0.15) is 5.76 Å². The Hall–Kier alpha value is -0.860. The maximum Gasteiger partial charge on any atom is 0.256 e. The molecule has 11 heavy (non-hydrogen) atoms. The van der Waals surface area contributed by atoms with Crippen molar-refractivity contribution in [3.05, 3.63) is 17.3 Å². The van der Waals surface area contributed by atoms with Crippen molar-refractivity contribution >= 4 is 0 Å². The Labute approximate surface area is 65.4 Å². The third-order valence-electron chi connectivity index (χ3n) is 1.55. The molecule has 2 nitrogen and oxygen atoms in total. The fraction of sp³-hybridized carbons (Fsp3) is 0.625. The van der Waals surface area contributed by atoms with E-state index in [1.165, 1.54) is 0 Å². The Morgan fingerprint density at radius 2 is 1.91 bits per heavy atom. The lowest BCUT2D eigenvalue weighted by molar-refractivity contribution is 0.310. The van der Waals surface area contributed by atoms with Crippen LogP contribution in [0.4, 0.5) is 4.39 Å². The van der Waals surface area contributed by atoms with Crippen molar-refractivity contribution in [2.75, 3.05) is 0 Å². The molecule has 0 aliphatic heterocycles. The van der Waals surface area contributed by atoms with E-state index in [9.17, 15) is 4.39 Å². The number of nitrogens with zero attached hydrogens (tertiary/aromatic N) is 1. The third-order valence-corrected chi connectivity index (χ3v) is 1.55. The molecule has 0 aliphatic carbocycles. The molecule has 0 fully saturated rings. The van der Waals surface area contributed by atoms with Gasteiger partial charge in [-0.15, -0.1) is 0 Å². The number of aromatic nitrogens is 1. The molecule has 0 aromatic carbocycles. The summed E-state index contributed by atoms with van der Waals surface area (Å²) in [6, 6.07) is 0. The van der Waals surface area contributed by atoms with E-state index in [0.717, 1.165) is 0 Å². The monoisotopic (exact) mass is 157 g/mol. The second-order valence-corrected chi connectivity index (χ2v) is 3.68. The summed E-state index contributed by atoms with van der Waals surface area (Å²) in [4.78, 5) is 0. The molecule has 0 N–H and O–H groups in total. The smallest absolute Gasteiger partial charge is 0.256 e. The highest BCUT2D eigenvalue weighted by molar-refractivity contribution is 5.19. The summed E-state index contributed by atoms with van der Waals surface area (Å²) < 4.78 is 17.5. The second-order valence-electron chi connectivity index (χ2n) is 3.68. The van der Waals surface area contributed by atoms with Crippen molar-refractivity contribution in [2.45, 2.75) is 33.1 Å². The summed E-state index contributed by atoms with van der Waals surface area (Å²) in [5.41, 5.74) is 0.346. The zero-order valence-corrected chi connectivity index (χ0v) is 7.23. The van der Waals surface area contributed by atoms with Crippen LogP contribution in [0.15, 0.2) is 4.52 Å². The molecule has 1 heterocycles. The molecule has 0 spiro atoms. The van der Waals surface area contributed by atoms with Crippen molar-refractivity contribution in [3.63, 3.8) is 0 Å². The number of hydrogen-bond acceptors (Lipinski definition) is 2. The molecule has 0 aliphatic rings. The van der Waals surface area contributed by atoms with Gasteiger partial charge < -0.3 is 4.52 Å². The lowest BCUT2D eigenvalue weighted by Gasteiger charge is -2.13. The van der Waals surface area contributed by atoms with Crippen molar-refractivity contribution in [1.82, 2.24) is 5.16 Å². The summed E-state index contributed by atoms with van der Waals surface area (Å²) >= 11 is 0. The highest BCUT2D eigenvalue weighted by atomic mass is 19.1. The first-order valence-corrected chi connectivity index (χ1v) is 3.55. The Morgan fingerprint density at radius 1 is 1.36 bits per heavy atom. The van der Waals surface area contributed by atoms with Gasteiger partial charge in [0.25, 0.3) is 5.95 Å². The van der Waals surface area contributed by atoms with Crippen LogP contribution in [0, 0.1) is 12.9 Å². The number of halogens is 1. The van der Waals surface area contributed by atoms with Gasteiger partial charge >= 0.3 is 0 Å². The first kappa shape index (κ1) is 8.24. The molecule has 0 saturated carbocycles. The zero-order chi connectivity index (χ0) is 8.65.